The summed E-state index contributed by atoms with van der Waals surface area (Å²) in [7, 11) is 1.43. The summed E-state index contributed by atoms with van der Waals surface area (Å²) >= 11 is 0. The maximum absolute atomic E-state index is 13.5. The molecule has 6 nitrogen and oxygen atoms in total. The van der Waals surface area contributed by atoms with Gasteiger partial charge in [-0.15, -0.1) is 0 Å². The van der Waals surface area contributed by atoms with Gasteiger partial charge in [-0.3, -0.25) is 14.4 Å². The first-order valence-electron chi connectivity index (χ1n) is 8.08. The Morgan fingerprint density at radius 2 is 1.96 bits per heavy atom. The van der Waals surface area contributed by atoms with Gasteiger partial charge in [-0.1, -0.05) is 0 Å². The van der Waals surface area contributed by atoms with E-state index in [-0.39, 0.29) is 17.9 Å². The zero-order valence-corrected chi connectivity index (χ0v) is 13.6. The standard InChI is InChI=1S/C15H19F4N3O3/c1-20-9(4-8-5-13(2-3-13)21-11(8)24)10(23)12(25)22-6-14(16,7-22)15(17,18)19/h8-9,20H,2-7H2,1H3,(H,21,24)/t8-,9+/m1/s1. The predicted octanol–water partition coefficient (Wildman–Crippen LogP) is 0.315. The zero-order chi connectivity index (χ0) is 18.6. The van der Waals surface area contributed by atoms with Crippen molar-refractivity contribution in [3.63, 3.8) is 0 Å². The summed E-state index contributed by atoms with van der Waals surface area (Å²) in [4.78, 5) is 36.8. The van der Waals surface area contributed by atoms with Crippen LogP contribution in [0.15, 0.2) is 0 Å². The maximum atomic E-state index is 13.5. The van der Waals surface area contributed by atoms with E-state index in [2.05, 4.69) is 10.6 Å². The van der Waals surface area contributed by atoms with Gasteiger partial charge in [0.1, 0.15) is 0 Å². The number of likely N-dealkylation sites (N-methyl/N-ethyl adjacent to an activating group) is 1. The molecule has 0 aromatic rings. The van der Waals surface area contributed by atoms with Crippen LogP contribution in [-0.2, 0) is 14.4 Å². The number of hydrogen-bond acceptors (Lipinski definition) is 4. The smallest absolute Gasteiger partial charge is 0.350 e. The summed E-state index contributed by atoms with van der Waals surface area (Å²) in [6.07, 6.45) is -2.64. The third-order valence-electron chi connectivity index (χ3n) is 5.32. The summed E-state index contributed by atoms with van der Waals surface area (Å²) in [6, 6.07) is -0.988. The molecule has 2 atom stereocenters. The molecule has 0 radical (unpaired) electrons. The van der Waals surface area contributed by atoms with E-state index in [0.717, 1.165) is 12.8 Å². The molecule has 3 rings (SSSR count). The number of hydrogen-bond donors (Lipinski definition) is 2. The molecular formula is C15H19F4N3O3. The lowest BCUT2D eigenvalue weighted by Crippen LogP contribution is -2.69. The third-order valence-corrected chi connectivity index (χ3v) is 5.32. The number of likely N-dealkylation sites (tertiary alicyclic amines) is 1. The maximum Gasteiger partial charge on any atom is 0.426 e. The molecule has 0 unspecified atom stereocenters. The molecule has 0 aromatic heterocycles. The van der Waals surface area contributed by atoms with Crippen LogP contribution in [0.25, 0.3) is 0 Å². The summed E-state index contributed by atoms with van der Waals surface area (Å²) in [6.45, 7) is -2.35. The summed E-state index contributed by atoms with van der Waals surface area (Å²) < 4.78 is 51.0. The first-order chi connectivity index (χ1) is 11.5. The van der Waals surface area contributed by atoms with Crippen molar-refractivity contribution in [1.29, 1.82) is 0 Å². The average Bonchev–Trinajstić information content (AvgIpc) is 3.16. The van der Waals surface area contributed by atoms with Gasteiger partial charge >= 0.3 is 6.18 Å². The number of carbonyl (C=O) groups excluding carboxylic acids is 3. The van der Waals surface area contributed by atoms with Crippen LogP contribution >= 0.6 is 0 Å². The van der Waals surface area contributed by atoms with Crippen LogP contribution in [-0.4, -0.2) is 66.1 Å². The van der Waals surface area contributed by atoms with Crippen molar-refractivity contribution in [2.75, 3.05) is 20.1 Å². The summed E-state index contributed by atoms with van der Waals surface area (Å²) in [5.41, 5.74) is -3.63. The third kappa shape index (κ3) is 3.11. The van der Waals surface area contributed by atoms with Gasteiger partial charge in [-0.05, 0) is 32.7 Å². The van der Waals surface area contributed by atoms with Crippen molar-refractivity contribution >= 4 is 17.6 Å². The minimum Gasteiger partial charge on any atom is -0.350 e. The van der Waals surface area contributed by atoms with E-state index in [1.54, 1.807) is 0 Å². The Hall–Kier alpha value is -1.71. The second-order valence-corrected chi connectivity index (χ2v) is 7.24. The monoisotopic (exact) mass is 365 g/mol. The number of halogens is 4. The lowest BCUT2D eigenvalue weighted by molar-refractivity contribution is -0.267. The fourth-order valence-corrected chi connectivity index (χ4v) is 3.48. The first kappa shape index (κ1) is 18.1. The lowest BCUT2D eigenvalue weighted by atomic mass is 9.91. The second-order valence-electron chi connectivity index (χ2n) is 7.24. The van der Waals surface area contributed by atoms with Crippen LogP contribution in [0.3, 0.4) is 0 Å². The lowest BCUT2D eigenvalue weighted by Gasteiger charge is -2.44. The normalized spacial score (nSPS) is 27.6. The van der Waals surface area contributed by atoms with E-state index in [1.807, 2.05) is 0 Å². The van der Waals surface area contributed by atoms with E-state index >= 15 is 0 Å². The SMILES string of the molecule is CN[C@@H](C[C@@H]1CC2(CC2)NC1=O)C(=O)C(=O)N1CC(F)(C(F)(F)F)C1. The number of rotatable bonds is 5. The molecule has 3 fully saturated rings. The predicted molar refractivity (Wildman–Crippen MR) is 77.2 cm³/mol. The number of Topliss-reactive ketones (excluding diaryl/α,β-unsaturated/α-hetero) is 1. The number of carbonyl (C=O) groups is 3. The minimum atomic E-state index is -5.07. The molecule has 2 saturated heterocycles. The number of ketones is 1. The second kappa shape index (κ2) is 5.65. The van der Waals surface area contributed by atoms with Crippen molar-refractivity contribution in [3.8, 4) is 0 Å². The van der Waals surface area contributed by atoms with Crippen LogP contribution < -0.4 is 10.6 Å². The highest BCUT2D eigenvalue weighted by atomic mass is 19.4. The highest BCUT2D eigenvalue weighted by molar-refractivity contribution is 6.38. The van der Waals surface area contributed by atoms with E-state index in [0.29, 0.717) is 11.3 Å². The molecule has 0 aromatic carbocycles. The van der Waals surface area contributed by atoms with Gasteiger partial charge in [0.15, 0.2) is 0 Å². The number of alkyl halides is 4. The average molecular weight is 365 g/mol. The van der Waals surface area contributed by atoms with Crippen molar-refractivity contribution in [3.05, 3.63) is 0 Å². The minimum absolute atomic E-state index is 0.0858. The van der Waals surface area contributed by atoms with Crippen LogP contribution in [0, 0.1) is 5.92 Å². The Balaban J connectivity index is 1.57. The molecule has 140 valence electrons. The fourth-order valence-electron chi connectivity index (χ4n) is 3.48. The van der Waals surface area contributed by atoms with Gasteiger partial charge in [0, 0.05) is 11.5 Å². The molecule has 2 N–H and O–H groups in total. The summed E-state index contributed by atoms with van der Waals surface area (Å²) in [5.74, 6) is -2.71. The van der Waals surface area contributed by atoms with Crippen molar-refractivity contribution in [1.82, 2.24) is 15.5 Å². The number of nitrogens with zero attached hydrogens (tertiary/aromatic N) is 1. The highest BCUT2D eigenvalue weighted by Crippen LogP contribution is 2.46. The van der Waals surface area contributed by atoms with Gasteiger partial charge in [-0.2, -0.15) is 13.2 Å². The van der Waals surface area contributed by atoms with Gasteiger partial charge in [0.2, 0.25) is 17.4 Å². The molecule has 2 heterocycles. The molecule has 3 aliphatic rings. The van der Waals surface area contributed by atoms with Crippen LogP contribution in [0.2, 0.25) is 0 Å². The Kier molecular flexibility index (Phi) is 4.09. The molecule has 2 aliphatic heterocycles. The Bertz CT molecular complexity index is 612. The largest absolute Gasteiger partial charge is 0.426 e. The number of amides is 2. The summed E-state index contributed by atoms with van der Waals surface area (Å²) in [5, 5.41) is 5.52. The number of nitrogens with one attached hydrogen (secondary N) is 2. The van der Waals surface area contributed by atoms with Crippen LogP contribution in [0.4, 0.5) is 17.6 Å². The quantitative estimate of drug-likeness (QED) is 0.543. The van der Waals surface area contributed by atoms with Gasteiger partial charge < -0.3 is 15.5 Å². The molecule has 10 heteroatoms. The van der Waals surface area contributed by atoms with Gasteiger partial charge in [-0.25, -0.2) is 4.39 Å². The molecule has 1 saturated carbocycles. The molecule has 0 bridgehead atoms. The zero-order valence-electron chi connectivity index (χ0n) is 13.6. The van der Waals surface area contributed by atoms with Gasteiger partial charge in [0.25, 0.3) is 5.91 Å². The highest BCUT2D eigenvalue weighted by Gasteiger charge is 2.64. The molecule has 25 heavy (non-hydrogen) atoms. The van der Waals surface area contributed by atoms with Crippen molar-refractivity contribution in [2.45, 2.75) is 49.1 Å². The topological polar surface area (TPSA) is 78.5 Å². The van der Waals surface area contributed by atoms with Gasteiger partial charge in [0.05, 0.1) is 19.1 Å². The van der Waals surface area contributed by atoms with E-state index < -0.39 is 48.6 Å². The fraction of sp³-hybridized carbons (Fsp3) is 0.800. The van der Waals surface area contributed by atoms with E-state index in [1.165, 1.54) is 7.05 Å². The Morgan fingerprint density at radius 3 is 2.40 bits per heavy atom. The van der Waals surface area contributed by atoms with Crippen LogP contribution in [0.5, 0.6) is 0 Å². The molecular weight excluding hydrogens is 346 g/mol. The van der Waals surface area contributed by atoms with Crippen molar-refractivity contribution < 1.29 is 31.9 Å². The van der Waals surface area contributed by atoms with E-state index in [4.69, 9.17) is 0 Å². The molecule has 1 spiro atoms. The van der Waals surface area contributed by atoms with Crippen molar-refractivity contribution in [2.24, 2.45) is 5.92 Å². The Labute approximate surface area is 141 Å². The first-order valence-corrected chi connectivity index (χ1v) is 8.08. The van der Waals surface area contributed by atoms with Crippen LogP contribution in [0.1, 0.15) is 25.7 Å². The van der Waals surface area contributed by atoms with E-state index in [9.17, 15) is 31.9 Å². The molecule has 2 amide bonds. The Morgan fingerprint density at radius 1 is 1.36 bits per heavy atom. The molecule has 1 aliphatic carbocycles.